The lowest BCUT2D eigenvalue weighted by atomic mass is 10.1. The van der Waals surface area contributed by atoms with E-state index < -0.39 is 11.6 Å². The van der Waals surface area contributed by atoms with Crippen molar-refractivity contribution < 1.29 is 8.78 Å². The standard InChI is InChI=1S/C16H17F2N/c17-14-10-15(18)12-16(11-14)19-9-5-4-8-13-6-2-1-3-7-13/h1-3,6-7,10-12,19H,4-5,8-9H2. The van der Waals surface area contributed by atoms with E-state index in [4.69, 9.17) is 0 Å². The van der Waals surface area contributed by atoms with Crippen LogP contribution in [0.4, 0.5) is 14.5 Å². The summed E-state index contributed by atoms with van der Waals surface area (Å²) in [5.74, 6) is -1.10. The summed E-state index contributed by atoms with van der Waals surface area (Å²) < 4.78 is 25.9. The molecule has 2 rings (SSSR count). The summed E-state index contributed by atoms with van der Waals surface area (Å²) in [7, 11) is 0. The van der Waals surface area contributed by atoms with Gasteiger partial charge in [-0.15, -0.1) is 0 Å². The van der Waals surface area contributed by atoms with Gasteiger partial charge in [0.05, 0.1) is 0 Å². The van der Waals surface area contributed by atoms with Crippen molar-refractivity contribution in [1.82, 2.24) is 0 Å². The molecule has 0 amide bonds. The molecule has 1 N–H and O–H groups in total. The van der Waals surface area contributed by atoms with Gasteiger partial charge in [0.25, 0.3) is 0 Å². The van der Waals surface area contributed by atoms with Gasteiger partial charge in [0, 0.05) is 18.3 Å². The first-order valence-corrected chi connectivity index (χ1v) is 6.48. The highest BCUT2D eigenvalue weighted by atomic mass is 19.1. The molecule has 0 fully saturated rings. The summed E-state index contributed by atoms with van der Waals surface area (Å²) in [6, 6.07) is 13.8. The van der Waals surface area contributed by atoms with Gasteiger partial charge in [-0.25, -0.2) is 8.78 Å². The molecule has 0 aliphatic rings. The van der Waals surface area contributed by atoms with Crippen molar-refractivity contribution in [3.63, 3.8) is 0 Å². The van der Waals surface area contributed by atoms with Crippen LogP contribution in [0.2, 0.25) is 0 Å². The Morgan fingerprint density at radius 2 is 1.53 bits per heavy atom. The summed E-state index contributed by atoms with van der Waals surface area (Å²) in [4.78, 5) is 0. The molecule has 0 unspecified atom stereocenters. The van der Waals surface area contributed by atoms with Crippen molar-refractivity contribution >= 4 is 5.69 Å². The Kier molecular flexibility index (Phi) is 4.90. The van der Waals surface area contributed by atoms with Crippen LogP contribution < -0.4 is 5.32 Å². The summed E-state index contributed by atoms with van der Waals surface area (Å²) >= 11 is 0. The van der Waals surface area contributed by atoms with Gasteiger partial charge in [-0.05, 0) is 37.0 Å². The second-order valence-corrected chi connectivity index (χ2v) is 4.53. The van der Waals surface area contributed by atoms with Crippen LogP contribution in [0.1, 0.15) is 18.4 Å². The van der Waals surface area contributed by atoms with Crippen LogP contribution in [0.5, 0.6) is 0 Å². The molecular weight excluding hydrogens is 244 g/mol. The number of nitrogens with one attached hydrogen (secondary N) is 1. The Balaban J connectivity index is 1.69. The fraction of sp³-hybridized carbons (Fsp3) is 0.250. The quantitative estimate of drug-likeness (QED) is 0.760. The van der Waals surface area contributed by atoms with Crippen LogP contribution in [0.15, 0.2) is 48.5 Å². The van der Waals surface area contributed by atoms with E-state index in [2.05, 4.69) is 17.4 Å². The predicted molar refractivity (Wildman–Crippen MR) is 74.2 cm³/mol. The van der Waals surface area contributed by atoms with Crippen molar-refractivity contribution in [2.24, 2.45) is 0 Å². The molecule has 0 aliphatic heterocycles. The van der Waals surface area contributed by atoms with Crippen LogP contribution >= 0.6 is 0 Å². The van der Waals surface area contributed by atoms with Gasteiger partial charge in [-0.1, -0.05) is 30.3 Å². The topological polar surface area (TPSA) is 12.0 Å². The smallest absolute Gasteiger partial charge is 0.128 e. The Labute approximate surface area is 112 Å². The van der Waals surface area contributed by atoms with E-state index >= 15 is 0 Å². The van der Waals surface area contributed by atoms with Gasteiger partial charge in [0.15, 0.2) is 0 Å². The third kappa shape index (κ3) is 4.70. The number of rotatable bonds is 6. The first kappa shape index (κ1) is 13.5. The molecule has 0 saturated heterocycles. The Morgan fingerprint density at radius 3 is 2.21 bits per heavy atom. The van der Waals surface area contributed by atoms with E-state index in [-0.39, 0.29) is 0 Å². The average Bonchev–Trinajstić information content (AvgIpc) is 2.38. The molecule has 3 heteroatoms. The van der Waals surface area contributed by atoms with Crippen LogP contribution in [-0.4, -0.2) is 6.54 Å². The molecule has 0 heterocycles. The SMILES string of the molecule is Fc1cc(F)cc(NCCCCc2ccccc2)c1. The minimum absolute atomic E-state index is 0.497. The molecule has 0 spiro atoms. The molecule has 2 aromatic rings. The van der Waals surface area contributed by atoms with E-state index in [1.807, 2.05) is 18.2 Å². The molecular formula is C16H17F2N. The van der Waals surface area contributed by atoms with Gasteiger partial charge in [0.2, 0.25) is 0 Å². The summed E-state index contributed by atoms with van der Waals surface area (Å²) in [5.41, 5.74) is 1.82. The van der Waals surface area contributed by atoms with Crippen molar-refractivity contribution in [3.8, 4) is 0 Å². The first-order valence-electron chi connectivity index (χ1n) is 6.48. The van der Waals surface area contributed by atoms with Gasteiger partial charge < -0.3 is 5.32 Å². The Bertz CT molecular complexity index is 491. The summed E-state index contributed by atoms with van der Waals surface area (Å²) in [6.45, 7) is 0.718. The van der Waals surface area contributed by atoms with Crippen LogP contribution in [0, 0.1) is 11.6 Å². The fourth-order valence-electron chi connectivity index (χ4n) is 1.99. The predicted octanol–water partition coefficient (Wildman–Crippen LogP) is 4.40. The zero-order valence-corrected chi connectivity index (χ0v) is 10.7. The number of anilines is 1. The van der Waals surface area contributed by atoms with Crippen molar-refractivity contribution in [2.45, 2.75) is 19.3 Å². The second-order valence-electron chi connectivity index (χ2n) is 4.53. The third-order valence-electron chi connectivity index (χ3n) is 2.93. The number of aryl methyl sites for hydroxylation is 1. The van der Waals surface area contributed by atoms with Gasteiger partial charge in [-0.3, -0.25) is 0 Å². The van der Waals surface area contributed by atoms with E-state index in [9.17, 15) is 8.78 Å². The van der Waals surface area contributed by atoms with Gasteiger partial charge in [-0.2, -0.15) is 0 Å². The van der Waals surface area contributed by atoms with Gasteiger partial charge >= 0.3 is 0 Å². The number of benzene rings is 2. The molecule has 0 aromatic heterocycles. The maximum atomic E-state index is 12.9. The molecule has 19 heavy (non-hydrogen) atoms. The average molecular weight is 261 g/mol. The van der Waals surface area contributed by atoms with E-state index in [0.29, 0.717) is 5.69 Å². The molecule has 0 bridgehead atoms. The lowest BCUT2D eigenvalue weighted by Gasteiger charge is -2.07. The van der Waals surface area contributed by atoms with Crippen LogP contribution in [-0.2, 0) is 6.42 Å². The number of unbranched alkanes of at least 4 members (excludes halogenated alkanes) is 1. The normalized spacial score (nSPS) is 10.4. The van der Waals surface area contributed by atoms with E-state index in [1.54, 1.807) is 0 Å². The van der Waals surface area contributed by atoms with Crippen LogP contribution in [0.25, 0.3) is 0 Å². The molecule has 0 radical (unpaired) electrons. The zero-order chi connectivity index (χ0) is 13.5. The molecule has 0 aliphatic carbocycles. The second kappa shape index (κ2) is 6.88. The van der Waals surface area contributed by atoms with Gasteiger partial charge in [0.1, 0.15) is 11.6 Å². The largest absolute Gasteiger partial charge is 0.385 e. The molecule has 2 aromatic carbocycles. The van der Waals surface area contributed by atoms with Crippen molar-refractivity contribution in [1.29, 1.82) is 0 Å². The van der Waals surface area contributed by atoms with Crippen molar-refractivity contribution in [2.75, 3.05) is 11.9 Å². The maximum Gasteiger partial charge on any atom is 0.128 e. The highest BCUT2D eigenvalue weighted by molar-refractivity contribution is 5.43. The molecule has 1 nitrogen and oxygen atoms in total. The molecule has 100 valence electrons. The maximum absolute atomic E-state index is 12.9. The fourth-order valence-corrected chi connectivity index (χ4v) is 1.99. The monoisotopic (exact) mass is 261 g/mol. The Morgan fingerprint density at radius 1 is 0.842 bits per heavy atom. The highest BCUT2D eigenvalue weighted by Gasteiger charge is 1.99. The number of hydrogen-bond acceptors (Lipinski definition) is 1. The third-order valence-corrected chi connectivity index (χ3v) is 2.93. The minimum Gasteiger partial charge on any atom is -0.385 e. The van der Waals surface area contributed by atoms with Crippen molar-refractivity contribution in [3.05, 3.63) is 65.7 Å². The number of hydrogen-bond donors (Lipinski definition) is 1. The molecule has 0 saturated carbocycles. The minimum atomic E-state index is -0.549. The van der Waals surface area contributed by atoms with Crippen LogP contribution in [0.3, 0.4) is 0 Å². The lowest BCUT2D eigenvalue weighted by molar-refractivity contribution is 0.584. The first-order chi connectivity index (χ1) is 9.24. The highest BCUT2D eigenvalue weighted by Crippen LogP contribution is 2.13. The lowest BCUT2D eigenvalue weighted by Crippen LogP contribution is -2.02. The summed E-state index contributed by atoms with van der Waals surface area (Å²) in [6.07, 6.45) is 3.04. The van der Waals surface area contributed by atoms with E-state index in [1.165, 1.54) is 17.7 Å². The van der Waals surface area contributed by atoms with E-state index in [0.717, 1.165) is 31.9 Å². The zero-order valence-electron chi connectivity index (χ0n) is 10.7. The Hall–Kier alpha value is -1.90. The summed E-state index contributed by atoms with van der Waals surface area (Å²) in [5, 5.41) is 3.03. The number of halogens is 2. The molecule has 0 atom stereocenters.